The van der Waals surface area contributed by atoms with Gasteiger partial charge >= 0.3 is 0 Å². The SMILES string of the molecule is COCn1ccc(C(=O)Nc2cccc(CN3CCOCC3)c2)n1. The second-order valence-electron chi connectivity index (χ2n) is 5.70. The van der Waals surface area contributed by atoms with Gasteiger partial charge in [-0.05, 0) is 23.8 Å². The van der Waals surface area contributed by atoms with Crippen molar-refractivity contribution >= 4 is 11.6 Å². The molecule has 1 amide bonds. The molecule has 0 aliphatic carbocycles. The highest BCUT2D eigenvalue weighted by atomic mass is 16.5. The first-order valence-electron chi connectivity index (χ1n) is 7.97. The predicted molar refractivity (Wildman–Crippen MR) is 89.7 cm³/mol. The Labute approximate surface area is 141 Å². The Balaban J connectivity index is 1.61. The van der Waals surface area contributed by atoms with E-state index in [4.69, 9.17) is 9.47 Å². The number of hydrogen-bond donors (Lipinski definition) is 1. The van der Waals surface area contributed by atoms with Crippen LogP contribution in [0.5, 0.6) is 0 Å². The molecule has 0 spiro atoms. The lowest BCUT2D eigenvalue weighted by atomic mass is 10.2. The number of nitrogens with zero attached hydrogens (tertiary/aromatic N) is 3. The molecule has 7 nitrogen and oxygen atoms in total. The van der Waals surface area contributed by atoms with Crippen LogP contribution in [0.25, 0.3) is 0 Å². The fourth-order valence-corrected chi connectivity index (χ4v) is 2.65. The van der Waals surface area contributed by atoms with Crippen molar-refractivity contribution in [1.29, 1.82) is 0 Å². The molecule has 0 atom stereocenters. The van der Waals surface area contributed by atoms with Gasteiger partial charge in [0.1, 0.15) is 6.73 Å². The van der Waals surface area contributed by atoms with Gasteiger partial charge < -0.3 is 14.8 Å². The Hall–Kier alpha value is -2.22. The minimum absolute atomic E-state index is 0.228. The van der Waals surface area contributed by atoms with Crippen molar-refractivity contribution in [3.8, 4) is 0 Å². The normalized spacial score (nSPS) is 15.4. The number of carbonyl (C=O) groups excluding carboxylic acids is 1. The molecule has 24 heavy (non-hydrogen) atoms. The first-order valence-corrected chi connectivity index (χ1v) is 7.97. The Bertz CT molecular complexity index is 680. The number of nitrogens with one attached hydrogen (secondary N) is 1. The van der Waals surface area contributed by atoms with Gasteiger partial charge in [0.05, 0.1) is 13.2 Å². The van der Waals surface area contributed by atoms with Gasteiger partial charge in [-0.25, -0.2) is 4.68 Å². The summed E-state index contributed by atoms with van der Waals surface area (Å²) < 4.78 is 11.9. The van der Waals surface area contributed by atoms with Gasteiger partial charge in [0.15, 0.2) is 5.69 Å². The maximum atomic E-state index is 12.3. The molecule has 1 aromatic carbocycles. The zero-order valence-electron chi connectivity index (χ0n) is 13.8. The smallest absolute Gasteiger partial charge is 0.276 e. The average Bonchev–Trinajstić information content (AvgIpc) is 3.05. The van der Waals surface area contributed by atoms with Gasteiger partial charge in [-0.2, -0.15) is 5.10 Å². The topological polar surface area (TPSA) is 68.6 Å². The number of hydrogen-bond acceptors (Lipinski definition) is 5. The quantitative estimate of drug-likeness (QED) is 0.871. The second-order valence-corrected chi connectivity index (χ2v) is 5.70. The van der Waals surface area contributed by atoms with Crippen molar-refractivity contribution in [2.75, 3.05) is 38.7 Å². The number of benzene rings is 1. The van der Waals surface area contributed by atoms with Crippen LogP contribution in [-0.2, 0) is 22.7 Å². The number of anilines is 1. The van der Waals surface area contributed by atoms with Crippen LogP contribution in [0.1, 0.15) is 16.1 Å². The van der Waals surface area contributed by atoms with Crippen LogP contribution in [0, 0.1) is 0 Å². The number of rotatable bonds is 6. The molecule has 0 radical (unpaired) electrons. The van der Waals surface area contributed by atoms with Crippen LogP contribution in [0.4, 0.5) is 5.69 Å². The molecule has 0 bridgehead atoms. The lowest BCUT2D eigenvalue weighted by Crippen LogP contribution is -2.35. The molecule has 1 aliphatic rings. The van der Waals surface area contributed by atoms with Crippen molar-refractivity contribution in [2.45, 2.75) is 13.3 Å². The van der Waals surface area contributed by atoms with Crippen molar-refractivity contribution in [3.63, 3.8) is 0 Å². The molecular formula is C17H22N4O3. The average molecular weight is 330 g/mol. The van der Waals surface area contributed by atoms with Gasteiger partial charge in [-0.1, -0.05) is 12.1 Å². The van der Waals surface area contributed by atoms with E-state index < -0.39 is 0 Å². The fourth-order valence-electron chi connectivity index (χ4n) is 2.65. The van der Waals surface area contributed by atoms with E-state index in [1.54, 1.807) is 24.1 Å². The van der Waals surface area contributed by atoms with E-state index >= 15 is 0 Å². The summed E-state index contributed by atoms with van der Waals surface area (Å²) >= 11 is 0. The van der Waals surface area contributed by atoms with Crippen molar-refractivity contribution in [1.82, 2.24) is 14.7 Å². The van der Waals surface area contributed by atoms with Crippen LogP contribution in [0.3, 0.4) is 0 Å². The monoisotopic (exact) mass is 330 g/mol. The third-order valence-corrected chi connectivity index (χ3v) is 3.83. The second kappa shape index (κ2) is 8.05. The maximum Gasteiger partial charge on any atom is 0.276 e. The Morgan fingerprint density at radius 1 is 1.33 bits per heavy atom. The van der Waals surface area contributed by atoms with E-state index in [0.717, 1.165) is 38.5 Å². The predicted octanol–water partition coefficient (Wildman–Crippen LogP) is 1.57. The van der Waals surface area contributed by atoms with Crippen LogP contribution >= 0.6 is 0 Å². The van der Waals surface area contributed by atoms with Crippen molar-refractivity contribution in [2.24, 2.45) is 0 Å². The number of aromatic nitrogens is 2. The van der Waals surface area contributed by atoms with E-state index in [1.165, 1.54) is 5.56 Å². The summed E-state index contributed by atoms with van der Waals surface area (Å²) in [5.74, 6) is -0.228. The fraction of sp³-hybridized carbons (Fsp3) is 0.412. The number of morpholine rings is 1. The number of carbonyl (C=O) groups is 1. The van der Waals surface area contributed by atoms with E-state index in [-0.39, 0.29) is 5.91 Å². The zero-order chi connectivity index (χ0) is 16.8. The van der Waals surface area contributed by atoms with Crippen molar-refractivity contribution in [3.05, 3.63) is 47.8 Å². The summed E-state index contributed by atoms with van der Waals surface area (Å²) in [5, 5.41) is 7.06. The number of methoxy groups -OCH3 is 1. The zero-order valence-corrected chi connectivity index (χ0v) is 13.8. The number of amides is 1. The van der Waals surface area contributed by atoms with E-state index in [1.807, 2.05) is 18.2 Å². The standard InChI is InChI=1S/C17H22N4O3/c1-23-13-21-6-5-16(19-21)17(22)18-15-4-2-3-14(11-15)12-20-7-9-24-10-8-20/h2-6,11H,7-10,12-13H2,1H3,(H,18,22). The summed E-state index contributed by atoms with van der Waals surface area (Å²) in [6.45, 7) is 4.61. The minimum atomic E-state index is -0.228. The molecule has 7 heteroatoms. The molecule has 128 valence electrons. The largest absolute Gasteiger partial charge is 0.379 e. The van der Waals surface area contributed by atoms with E-state index in [0.29, 0.717) is 12.4 Å². The molecule has 1 N–H and O–H groups in total. The molecule has 2 aromatic rings. The molecule has 1 fully saturated rings. The summed E-state index contributed by atoms with van der Waals surface area (Å²) in [6, 6.07) is 9.58. The lowest BCUT2D eigenvalue weighted by Gasteiger charge is -2.26. The van der Waals surface area contributed by atoms with Crippen LogP contribution in [-0.4, -0.2) is 54.0 Å². The maximum absolute atomic E-state index is 12.3. The molecule has 1 saturated heterocycles. The van der Waals surface area contributed by atoms with Crippen LogP contribution in [0.15, 0.2) is 36.5 Å². The van der Waals surface area contributed by atoms with Gasteiger partial charge in [0.25, 0.3) is 5.91 Å². The van der Waals surface area contributed by atoms with Gasteiger partial charge in [0.2, 0.25) is 0 Å². The highest BCUT2D eigenvalue weighted by Crippen LogP contribution is 2.14. The first-order chi connectivity index (χ1) is 11.7. The summed E-state index contributed by atoms with van der Waals surface area (Å²) in [5.41, 5.74) is 2.30. The lowest BCUT2D eigenvalue weighted by molar-refractivity contribution is 0.0342. The van der Waals surface area contributed by atoms with E-state index in [9.17, 15) is 4.79 Å². The van der Waals surface area contributed by atoms with Crippen LogP contribution in [0.2, 0.25) is 0 Å². The molecule has 2 heterocycles. The third kappa shape index (κ3) is 4.41. The van der Waals surface area contributed by atoms with Crippen LogP contribution < -0.4 is 5.32 Å². The third-order valence-electron chi connectivity index (χ3n) is 3.83. The Kier molecular flexibility index (Phi) is 5.58. The molecule has 3 rings (SSSR count). The minimum Gasteiger partial charge on any atom is -0.379 e. The van der Waals surface area contributed by atoms with Crippen molar-refractivity contribution < 1.29 is 14.3 Å². The number of ether oxygens (including phenoxy) is 2. The van der Waals surface area contributed by atoms with Gasteiger partial charge in [-0.3, -0.25) is 9.69 Å². The molecule has 0 unspecified atom stereocenters. The van der Waals surface area contributed by atoms with Gasteiger partial charge in [-0.15, -0.1) is 0 Å². The Morgan fingerprint density at radius 3 is 2.96 bits per heavy atom. The molecule has 1 aliphatic heterocycles. The first kappa shape index (κ1) is 16.6. The summed E-state index contributed by atoms with van der Waals surface area (Å²) in [6.07, 6.45) is 1.72. The van der Waals surface area contributed by atoms with Gasteiger partial charge in [0, 0.05) is 38.6 Å². The molecular weight excluding hydrogens is 308 g/mol. The molecule has 0 saturated carbocycles. The molecule has 1 aromatic heterocycles. The van der Waals surface area contributed by atoms with E-state index in [2.05, 4.69) is 21.4 Å². The highest BCUT2D eigenvalue weighted by Gasteiger charge is 2.12. The summed E-state index contributed by atoms with van der Waals surface area (Å²) in [4.78, 5) is 14.6. The summed E-state index contributed by atoms with van der Waals surface area (Å²) in [7, 11) is 1.58. The Morgan fingerprint density at radius 2 is 2.17 bits per heavy atom. The highest BCUT2D eigenvalue weighted by molar-refractivity contribution is 6.02.